The van der Waals surface area contributed by atoms with Gasteiger partial charge in [0.1, 0.15) is 0 Å². The average Bonchev–Trinajstić information content (AvgIpc) is 1.83. The van der Waals surface area contributed by atoms with Crippen molar-refractivity contribution in [3.63, 3.8) is 0 Å². The van der Waals surface area contributed by atoms with Crippen LogP contribution in [0, 0.1) is 10.1 Å². The van der Waals surface area contributed by atoms with E-state index in [1.807, 2.05) is 20.8 Å². The third kappa shape index (κ3) is 9.16. The quantitative estimate of drug-likeness (QED) is 0.385. The molecule has 0 aliphatic heterocycles. The van der Waals surface area contributed by atoms with Crippen LogP contribution in [-0.4, -0.2) is 23.8 Å². The molecule has 0 saturated carbocycles. The summed E-state index contributed by atoms with van der Waals surface area (Å²) in [6, 6.07) is 0. The molecule has 1 N–H and O–H groups in total. The zero-order valence-corrected chi connectivity index (χ0v) is 7.79. The molecule has 0 aromatic rings. The Labute approximate surface area is 72.2 Å². The second-order valence-electron chi connectivity index (χ2n) is 3.59. The molecule has 0 aliphatic carbocycles. The third-order valence-electron chi connectivity index (χ3n) is 1.17. The predicted molar refractivity (Wildman–Crippen MR) is 45.3 cm³/mol. The van der Waals surface area contributed by atoms with Crippen LogP contribution >= 0.6 is 0 Å². The maximum Gasteiger partial charge on any atom is 0.294 e. The zero-order chi connectivity index (χ0) is 9.61. The Morgan fingerprint density at radius 3 is 2.50 bits per heavy atom. The molecule has 0 unspecified atom stereocenters. The van der Waals surface area contributed by atoms with Crippen molar-refractivity contribution in [2.24, 2.45) is 0 Å². The molecule has 0 fully saturated rings. The summed E-state index contributed by atoms with van der Waals surface area (Å²) in [6.07, 6.45) is 0.651. The van der Waals surface area contributed by atoms with Gasteiger partial charge in [0, 0.05) is 5.54 Å². The number of nitrogens with one attached hydrogen (secondary N) is 1. The molecule has 0 bridgehead atoms. The van der Waals surface area contributed by atoms with E-state index in [9.17, 15) is 10.1 Å². The summed E-state index contributed by atoms with van der Waals surface area (Å²) in [5.74, 6) is 0. The Morgan fingerprint density at radius 1 is 1.50 bits per heavy atom. The topological polar surface area (TPSA) is 64.4 Å². The molecule has 5 heteroatoms. The molecule has 72 valence electrons. The van der Waals surface area contributed by atoms with Crippen LogP contribution < -0.4 is 5.32 Å². The summed E-state index contributed by atoms with van der Waals surface area (Å²) >= 11 is 0. The molecule has 0 saturated heterocycles. The van der Waals surface area contributed by atoms with Crippen LogP contribution in [0.4, 0.5) is 0 Å². The minimum atomic E-state index is -0.767. The summed E-state index contributed by atoms with van der Waals surface area (Å²) in [5, 5.41) is 12.1. The van der Waals surface area contributed by atoms with Gasteiger partial charge in [-0.05, 0) is 33.7 Å². The molecule has 0 aromatic heterocycles. The van der Waals surface area contributed by atoms with Crippen molar-refractivity contribution in [1.82, 2.24) is 5.32 Å². The minimum absolute atomic E-state index is 0.0641. The molecular weight excluding hydrogens is 160 g/mol. The van der Waals surface area contributed by atoms with Gasteiger partial charge < -0.3 is 10.2 Å². The molecule has 0 amide bonds. The third-order valence-corrected chi connectivity index (χ3v) is 1.17. The highest BCUT2D eigenvalue weighted by molar-refractivity contribution is 4.69. The van der Waals surface area contributed by atoms with Crippen molar-refractivity contribution in [3.05, 3.63) is 10.1 Å². The van der Waals surface area contributed by atoms with Gasteiger partial charge in [0.15, 0.2) is 0 Å². The summed E-state index contributed by atoms with van der Waals surface area (Å²) in [4.78, 5) is 13.9. The number of hydrogen-bond acceptors (Lipinski definition) is 4. The second-order valence-corrected chi connectivity index (χ2v) is 3.59. The second kappa shape index (κ2) is 4.92. The van der Waals surface area contributed by atoms with Gasteiger partial charge in [-0.15, -0.1) is 10.1 Å². The number of nitrogens with zero attached hydrogens (tertiary/aromatic N) is 1. The largest absolute Gasteiger partial charge is 0.314 e. The molecule has 0 aromatic carbocycles. The Kier molecular flexibility index (Phi) is 4.58. The number of hydrogen-bond donors (Lipinski definition) is 1. The van der Waals surface area contributed by atoms with Crippen LogP contribution in [-0.2, 0) is 4.84 Å². The first kappa shape index (κ1) is 11.2. The van der Waals surface area contributed by atoms with E-state index in [-0.39, 0.29) is 12.1 Å². The fourth-order valence-corrected chi connectivity index (χ4v) is 0.675. The van der Waals surface area contributed by atoms with E-state index < -0.39 is 5.09 Å². The fourth-order valence-electron chi connectivity index (χ4n) is 0.675. The average molecular weight is 176 g/mol. The van der Waals surface area contributed by atoms with Crippen molar-refractivity contribution in [1.29, 1.82) is 0 Å². The zero-order valence-electron chi connectivity index (χ0n) is 7.79. The minimum Gasteiger partial charge on any atom is -0.314 e. The first-order valence-corrected chi connectivity index (χ1v) is 3.94. The summed E-state index contributed by atoms with van der Waals surface area (Å²) < 4.78 is 0. The van der Waals surface area contributed by atoms with Gasteiger partial charge in [0.25, 0.3) is 5.09 Å². The van der Waals surface area contributed by atoms with Crippen LogP contribution in [0.5, 0.6) is 0 Å². The van der Waals surface area contributed by atoms with Gasteiger partial charge in [-0.25, -0.2) is 0 Å². The van der Waals surface area contributed by atoms with Crippen LogP contribution in [0.15, 0.2) is 0 Å². The van der Waals surface area contributed by atoms with E-state index in [0.717, 1.165) is 6.54 Å². The maximum atomic E-state index is 9.72. The lowest BCUT2D eigenvalue weighted by Crippen LogP contribution is -2.36. The van der Waals surface area contributed by atoms with E-state index in [1.54, 1.807) is 0 Å². The summed E-state index contributed by atoms with van der Waals surface area (Å²) in [6.45, 7) is 7.03. The smallest absolute Gasteiger partial charge is 0.294 e. The molecule has 0 spiro atoms. The lowest BCUT2D eigenvalue weighted by atomic mass is 10.1. The highest BCUT2D eigenvalue weighted by Gasteiger charge is 2.07. The van der Waals surface area contributed by atoms with Crippen LogP contribution in [0.1, 0.15) is 27.2 Å². The van der Waals surface area contributed by atoms with Crippen molar-refractivity contribution in [2.75, 3.05) is 13.2 Å². The van der Waals surface area contributed by atoms with Crippen molar-refractivity contribution in [3.8, 4) is 0 Å². The monoisotopic (exact) mass is 176 g/mol. The fraction of sp³-hybridized carbons (Fsp3) is 1.00. The van der Waals surface area contributed by atoms with E-state index in [4.69, 9.17) is 0 Å². The Balaban J connectivity index is 3.17. The van der Waals surface area contributed by atoms with Crippen molar-refractivity contribution < 1.29 is 9.92 Å². The Bertz CT molecular complexity index is 142. The first-order valence-electron chi connectivity index (χ1n) is 3.94. The normalized spacial score (nSPS) is 11.2. The van der Waals surface area contributed by atoms with Crippen molar-refractivity contribution >= 4 is 0 Å². The van der Waals surface area contributed by atoms with Gasteiger partial charge in [-0.3, -0.25) is 0 Å². The Morgan fingerprint density at radius 2 is 2.08 bits per heavy atom. The molecule has 0 aliphatic rings. The van der Waals surface area contributed by atoms with Gasteiger partial charge >= 0.3 is 0 Å². The van der Waals surface area contributed by atoms with E-state index in [0.29, 0.717) is 6.42 Å². The number of rotatable bonds is 5. The predicted octanol–water partition coefficient (Wildman–Crippen LogP) is 0.973. The van der Waals surface area contributed by atoms with Crippen molar-refractivity contribution in [2.45, 2.75) is 32.7 Å². The molecule has 0 radical (unpaired) electrons. The molecule has 0 atom stereocenters. The molecule has 0 heterocycles. The lowest BCUT2D eigenvalue weighted by Gasteiger charge is -2.19. The SMILES string of the molecule is CC(C)(C)NCCCO[N+](=O)[O-]. The van der Waals surface area contributed by atoms with E-state index >= 15 is 0 Å². The van der Waals surface area contributed by atoms with E-state index in [1.165, 1.54) is 0 Å². The summed E-state index contributed by atoms with van der Waals surface area (Å²) in [7, 11) is 0. The molecular formula is C7H16N2O3. The molecule has 5 nitrogen and oxygen atoms in total. The van der Waals surface area contributed by atoms with Gasteiger partial charge in [0.05, 0.1) is 6.61 Å². The van der Waals surface area contributed by atoms with Gasteiger partial charge in [0.2, 0.25) is 0 Å². The maximum absolute atomic E-state index is 9.72. The van der Waals surface area contributed by atoms with Crippen LogP contribution in [0.25, 0.3) is 0 Å². The van der Waals surface area contributed by atoms with Gasteiger partial charge in [-0.1, -0.05) is 0 Å². The van der Waals surface area contributed by atoms with Gasteiger partial charge in [-0.2, -0.15) is 0 Å². The standard InChI is InChI=1S/C7H16N2O3/c1-7(2,3)8-5-4-6-12-9(10)11/h8H,4-6H2,1-3H3. The highest BCUT2D eigenvalue weighted by atomic mass is 16.9. The lowest BCUT2D eigenvalue weighted by molar-refractivity contribution is -0.757. The van der Waals surface area contributed by atoms with Crippen LogP contribution in [0.2, 0.25) is 0 Å². The van der Waals surface area contributed by atoms with E-state index in [2.05, 4.69) is 10.2 Å². The highest BCUT2D eigenvalue weighted by Crippen LogP contribution is 1.97. The Hall–Kier alpha value is -0.840. The molecule has 12 heavy (non-hydrogen) atoms. The summed E-state index contributed by atoms with van der Waals surface area (Å²) in [5.41, 5.74) is 0.0641. The van der Waals surface area contributed by atoms with Crippen LogP contribution in [0.3, 0.4) is 0 Å². The molecule has 0 rings (SSSR count). The first-order chi connectivity index (χ1) is 5.42.